The van der Waals surface area contributed by atoms with Crippen molar-refractivity contribution in [2.75, 3.05) is 0 Å². The van der Waals surface area contributed by atoms with Crippen LogP contribution in [0.25, 0.3) is 21.9 Å². The molecule has 0 fully saturated rings. The largest absolute Gasteiger partial charge is 0.192 e. The summed E-state index contributed by atoms with van der Waals surface area (Å²) in [5, 5.41) is 40.3. The molecule has 0 aliphatic heterocycles. The van der Waals surface area contributed by atoms with Crippen molar-refractivity contribution in [3.63, 3.8) is 0 Å². The predicted molar refractivity (Wildman–Crippen MR) is 106 cm³/mol. The van der Waals surface area contributed by atoms with Gasteiger partial charge in [-0.1, -0.05) is 48.6 Å². The average Bonchev–Trinajstić information content (AvgIpc) is 2.75. The van der Waals surface area contributed by atoms with Crippen LogP contribution < -0.4 is 0 Å². The van der Waals surface area contributed by atoms with Crippen molar-refractivity contribution >= 4 is 21.9 Å². The Balaban J connectivity index is 2.22. The minimum Gasteiger partial charge on any atom is -0.192 e. The molecule has 0 aromatic heterocycles. The maximum Gasteiger partial charge on any atom is 0.134 e. The summed E-state index contributed by atoms with van der Waals surface area (Å²) in [6.07, 6.45) is 7.60. The van der Waals surface area contributed by atoms with Crippen LogP contribution in [-0.2, 0) is 0 Å². The zero-order valence-electron chi connectivity index (χ0n) is 14.7. The normalized spacial score (nSPS) is 18.9. The Morgan fingerprint density at radius 2 is 1.04 bits per heavy atom. The van der Waals surface area contributed by atoms with E-state index in [0.29, 0.717) is 11.1 Å². The lowest BCUT2D eigenvalue weighted by atomic mass is 9.65. The maximum atomic E-state index is 9.59. The Morgan fingerprint density at radius 1 is 0.643 bits per heavy atom. The Kier molecular flexibility index (Phi) is 4.10. The summed E-state index contributed by atoms with van der Waals surface area (Å²) >= 11 is 0. The molecule has 4 nitrogen and oxygen atoms in total. The SMILES string of the molecule is N#CC(C#N)=C1c2cc3ccccc3cc2C(=C(C#N)C#N)C2C=CC=CC12. The number of benzene rings is 2. The molecule has 0 N–H and O–H groups in total. The van der Waals surface area contributed by atoms with Crippen LogP contribution in [0.15, 0.2) is 71.8 Å². The highest BCUT2D eigenvalue weighted by Gasteiger charge is 2.38. The fourth-order valence-electron chi connectivity index (χ4n) is 4.10. The molecule has 0 saturated carbocycles. The molecule has 0 saturated heterocycles. The molecule has 2 aromatic carbocycles. The highest BCUT2D eigenvalue weighted by molar-refractivity contribution is 6.00. The molecule has 2 aromatic rings. The van der Waals surface area contributed by atoms with Gasteiger partial charge in [0, 0.05) is 11.8 Å². The monoisotopic (exact) mass is 356 g/mol. The number of fused-ring (bicyclic) bond motifs is 3. The van der Waals surface area contributed by atoms with Gasteiger partial charge in [0.25, 0.3) is 0 Å². The molecule has 0 radical (unpaired) electrons. The quantitative estimate of drug-likeness (QED) is 0.633. The second-order valence-corrected chi connectivity index (χ2v) is 6.59. The zero-order chi connectivity index (χ0) is 19.7. The van der Waals surface area contributed by atoms with Crippen LogP contribution in [0.2, 0.25) is 0 Å². The van der Waals surface area contributed by atoms with Gasteiger partial charge < -0.3 is 0 Å². The van der Waals surface area contributed by atoms with E-state index in [9.17, 15) is 21.0 Å². The minimum atomic E-state index is -0.278. The van der Waals surface area contributed by atoms with Crippen LogP contribution >= 0.6 is 0 Å². The van der Waals surface area contributed by atoms with Crippen molar-refractivity contribution in [2.45, 2.75) is 0 Å². The third-order valence-corrected chi connectivity index (χ3v) is 5.25. The Hall–Kier alpha value is -4.38. The van der Waals surface area contributed by atoms with E-state index in [1.165, 1.54) is 0 Å². The van der Waals surface area contributed by atoms with Crippen LogP contribution in [0.4, 0.5) is 0 Å². The molecule has 0 spiro atoms. The summed E-state index contributed by atoms with van der Waals surface area (Å²) in [6, 6.07) is 19.8. The second-order valence-electron chi connectivity index (χ2n) is 6.59. The molecule has 28 heavy (non-hydrogen) atoms. The van der Waals surface area contributed by atoms with Gasteiger partial charge in [0.1, 0.15) is 35.4 Å². The van der Waals surface area contributed by atoms with Gasteiger partial charge >= 0.3 is 0 Å². The van der Waals surface area contributed by atoms with E-state index in [0.717, 1.165) is 21.9 Å². The first-order chi connectivity index (χ1) is 13.7. The second kappa shape index (κ2) is 6.74. The van der Waals surface area contributed by atoms with E-state index < -0.39 is 0 Å². The van der Waals surface area contributed by atoms with Gasteiger partial charge in [-0.05, 0) is 45.2 Å². The topological polar surface area (TPSA) is 95.2 Å². The molecule has 2 aliphatic carbocycles. The number of hydrogen-bond donors (Lipinski definition) is 0. The van der Waals surface area contributed by atoms with Crippen molar-refractivity contribution < 1.29 is 0 Å². The first-order valence-corrected chi connectivity index (χ1v) is 8.70. The molecule has 2 unspecified atom stereocenters. The molecule has 0 amide bonds. The standard InChI is InChI=1S/C24H12N4/c25-11-17(12-26)23-19-7-3-4-8-20(19)24(18(13-27)14-28)22-10-16-6-2-1-5-15(16)9-21(22)23/h1-10,19-20H. The smallest absolute Gasteiger partial charge is 0.134 e. The van der Waals surface area contributed by atoms with Gasteiger partial charge in [-0.15, -0.1) is 0 Å². The Bertz CT molecular complexity index is 1170. The number of hydrogen-bond acceptors (Lipinski definition) is 4. The summed E-state index contributed by atoms with van der Waals surface area (Å²) in [5.74, 6) is -0.556. The third kappa shape index (κ3) is 2.42. The Morgan fingerprint density at radius 3 is 1.39 bits per heavy atom. The number of nitriles is 4. The van der Waals surface area contributed by atoms with E-state index in [-0.39, 0.29) is 23.0 Å². The Labute approximate surface area is 162 Å². The van der Waals surface area contributed by atoms with Crippen molar-refractivity contribution in [2.24, 2.45) is 11.8 Å². The molecule has 0 bridgehead atoms. The number of rotatable bonds is 0. The van der Waals surface area contributed by atoms with Crippen LogP contribution in [0, 0.1) is 57.2 Å². The van der Waals surface area contributed by atoms with Gasteiger partial charge in [0.15, 0.2) is 0 Å². The van der Waals surface area contributed by atoms with Crippen molar-refractivity contribution in [1.82, 2.24) is 0 Å². The van der Waals surface area contributed by atoms with E-state index in [1.54, 1.807) is 0 Å². The lowest BCUT2D eigenvalue weighted by molar-refractivity contribution is 0.686. The first-order valence-electron chi connectivity index (χ1n) is 8.70. The molecule has 2 aliphatic rings. The summed E-state index contributed by atoms with van der Waals surface area (Å²) in [4.78, 5) is 0. The summed E-state index contributed by atoms with van der Waals surface area (Å²) in [5.41, 5.74) is 2.87. The average molecular weight is 356 g/mol. The fourth-order valence-corrected chi connectivity index (χ4v) is 4.10. The van der Waals surface area contributed by atoms with Gasteiger partial charge in [0.2, 0.25) is 0 Å². The first kappa shape index (κ1) is 17.1. The summed E-state index contributed by atoms with van der Waals surface area (Å²) < 4.78 is 0. The van der Waals surface area contributed by atoms with Gasteiger partial charge in [-0.3, -0.25) is 0 Å². The highest BCUT2D eigenvalue weighted by Crippen LogP contribution is 2.51. The maximum absolute atomic E-state index is 9.59. The molecule has 2 atom stereocenters. The van der Waals surface area contributed by atoms with Crippen LogP contribution in [0.5, 0.6) is 0 Å². The zero-order valence-corrected chi connectivity index (χ0v) is 14.7. The number of allylic oxidation sites excluding steroid dienone is 8. The highest BCUT2D eigenvalue weighted by atomic mass is 14.4. The number of nitrogens with zero attached hydrogens (tertiary/aromatic N) is 4. The molecule has 0 heterocycles. The van der Waals surface area contributed by atoms with Gasteiger partial charge in [0.05, 0.1) is 0 Å². The van der Waals surface area contributed by atoms with Crippen LogP contribution in [0.1, 0.15) is 11.1 Å². The van der Waals surface area contributed by atoms with E-state index in [4.69, 9.17) is 0 Å². The molecular formula is C24H12N4. The summed E-state index contributed by atoms with van der Waals surface area (Å²) in [6.45, 7) is 0. The van der Waals surface area contributed by atoms with Crippen molar-refractivity contribution in [3.05, 3.63) is 83.0 Å². The van der Waals surface area contributed by atoms with Crippen LogP contribution in [-0.4, -0.2) is 0 Å². The molecule has 128 valence electrons. The summed E-state index contributed by atoms with van der Waals surface area (Å²) in [7, 11) is 0. The minimum absolute atomic E-state index is 0.0565. The third-order valence-electron chi connectivity index (χ3n) is 5.25. The predicted octanol–water partition coefficient (Wildman–Crippen LogP) is 4.81. The van der Waals surface area contributed by atoms with E-state index >= 15 is 0 Å². The van der Waals surface area contributed by atoms with Crippen molar-refractivity contribution in [1.29, 1.82) is 21.0 Å². The molecular weight excluding hydrogens is 344 g/mol. The van der Waals surface area contributed by atoms with E-state index in [2.05, 4.69) is 0 Å². The van der Waals surface area contributed by atoms with Crippen molar-refractivity contribution in [3.8, 4) is 24.3 Å². The van der Waals surface area contributed by atoms with E-state index in [1.807, 2.05) is 85.0 Å². The lowest BCUT2D eigenvalue weighted by Crippen LogP contribution is -2.24. The van der Waals surface area contributed by atoms with Gasteiger partial charge in [-0.25, -0.2) is 0 Å². The van der Waals surface area contributed by atoms with Gasteiger partial charge in [-0.2, -0.15) is 21.0 Å². The fraction of sp³-hybridized carbons (Fsp3) is 0.0833. The lowest BCUT2D eigenvalue weighted by Gasteiger charge is -2.36. The molecule has 4 heteroatoms. The van der Waals surface area contributed by atoms with Crippen LogP contribution in [0.3, 0.4) is 0 Å². The molecule has 4 rings (SSSR count).